The van der Waals surface area contributed by atoms with Crippen LogP contribution in [0.5, 0.6) is 0 Å². The maximum absolute atomic E-state index is 11.8. The maximum Gasteiger partial charge on any atom is 0.271 e. The normalized spacial score (nSPS) is 19.9. The predicted molar refractivity (Wildman–Crippen MR) is 107 cm³/mol. The topological polar surface area (TPSA) is 152 Å². The summed E-state index contributed by atoms with van der Waals surface area (Å²) in [6.45, 7) is 3.30. The first-order valence-electron chi connectivity index (χ1n) is 9.40. The van der Waals surface area contributed by atoms with E-state index in [-0.39, 0.29) is 17.8 Å². The molecule has 1 aliphatic carbocycles. The van der Waals surface area contributed by atoms with Crippen molar-refractivity contribution in [3.05, 3.63) is 35.7 Å². The van der Waals surface area contributed by atoms with Gasteiger partial charge < -0.3 is 27.2 Å². The van der Waals surface area contributed by atoms with Crippen molar-refractivity contribution in [2.75, 3.05) is 10.6 Å². The summed E-state index contributed by atoms with van der Waals surface area (Å²) in [6.07, 6.45) is 4.15. The molecule has 0 aromatic carbocycles. The van der Waals surface area contributed by atoms with Crippen LogP contribution in [0.4, 0.5) is 17.3 Å². The number of nitrogens with one attached hydrogen (secondary N) is 2. The number of carbonyl (C=O) groups excluding carboxylic acids is 1. The van der Waals surface area contributed by atoms with Crippen molar-refractivity contribution in [1.82, 2.24) is 15.2 Å². The Bertz CT molecular complexity index is 850. The highest BCUT2D eigenvalue weighted by atomic mass is 16.3. The van der Waals surface area contributed by atoms with Gasteiger partial charge in [0.2, 0.25) is 0 Å². The van der Waals surface area contributed by atoms with Crippen LogP contribution >= 0.6 is 0 Å². The van der Waals surface area contributed by atoms with E-state index in [4.69, 9.17) is 11.5 Å². The first-order valence-corrected chi connectivity index (χ1v) is 9.40. The molecule has 0 aliphatic heterocycles. The molecular formula is C19H27N7O2. The molecule has 0 unspecified atom stereocenters. The fraction of sp³-hybridized carbons (Fsp3) is 0.474. The average Bonchev–Trinajstić information content (AvgIpc) is 2.63. The number of hydrogen-bond acceptors (Lipinski definition) is 8. The van der Waals surface area contributed by atoms with Crippen molar-refractivity contribution < 1.29 is 9.90 Å². The van der Waals surface area contributed by atoms with E-state index in [0.717, 1.165) is 25.7 Å². The van der Waals surface area contributed by atoms with Crippen molar-refractivity contribution in [2.24, 2.45) is 11.5 Å². The van der Waals surface area contributed by atoms with Crippen LogP contribution in [0.15, 0.2) is 24.3 Å². The first kappa shape index (κ1) is 20.0. The van der Waals surface area contributed by atoms with E-state index < -0.39 is 11.5 Å². The van der Waals surface area contributed by atoms with E-state index in [1.54, 1.807) is 38.1 Å². The zero-order chi connectivity index (χ0) is 20.3. The standard InChI is InChI=1S/C19H27N7O2/c1-19(2,28)14-8-5-9-15(24-14)23-13-10-16(25-26-17(13)18(21)27)22-12-7-4-3-6-11(12)20/h5,8-12,28H,3-4,6-7,20H2,1-2H3,(H2,21,27)(H2,22,23,24,25)/t11-,12+/m0/s1. The summed E-state index contributed by atoms with van der Waals surface area (Å²) < 4.78 is 0. The number of pyridine rings is 1. The van der Waals surface area contributed by atoms with Gasteiger partial charge in [-0.25, -0.2) is 4.98 Å². The van der Waals surface area contributed by atoms with Crippen LogP contribution in [0.3, 0.4) is 0 Å². The molecule has 3 rings (SSSR count). The van der Waals surface area contributed by atoms with E-state index in [1.165, 1.54) is 0 Å². The van der Waals surface area contributed by atoms with E-state index in [9.17, 15) is 9.90 Å². The van der Waals surface area contributed by atoms with E-state index in [0.29, 0.717) is 23.0 Å². The zero-order valence-corrected chi connectivity index (χ0v) is 16.1. The molecule has 1 fully saturated rings. The molecule has 1 amide bonds. The Balaban J connectivity index is 1.87. The number of nitrogens with two attached hydrogens (primary N) is 2. The molecule has 1 saturated carbocycles. The average molecular weight is 385 g/mol. The highest BCUT2D eigenvalue weighted by Gasteiger charge is 2.23. The van der Waals surface area contributed by atoms with E-state index in [2.05, 4.69) is 25.8 Å². The second kappa shape index (κ2) is 8.07. The van der Waals surface area contributed by atoms with Crippen molar-refractivity contribution >= 4 is 23.2 Å². The lowest BCUT2D eigenvalue weighted by Crippen LogP contribution is -2.42. The Morgan fingerprint density at radius 2 is 1.96 bits per heavy atom. The van der Waals surface area contributed by atoms with Crippen LogP contribution in [0.25, 0.3) is 0 Å². The van der Waals surface area contributed by atoms with Crippen LogP contribution < -0.4 is 22.1 Å². The molecule has 0 spiro atoms. The Morgan fingerprint density at radius 3 is 2.64 bits per heavy atom. The Kier molecular flexibility index (Phi) is 5.76. The maximum atomic E-state index is 11.8. The van der Waals surface area contributed by atoms with Gasteiger partial charge in [0.1, 0.15) is 11.4 Å². The van der Waals surface area contributed by atoms with Gasteiger partial charge in [-0.3, -0.25) is 4.79 Å². The Morgan fingerprint density at radius 1 is 1.21 bits per heavy atom. The quantitative estimate of drug-likeness (QED) is 0.503. The molecule has 1 aliphatic rings. The van der Waals surface area contributed by atoms with Crippen molar-refractivity contribution in [3.8, 4) is 0 Å². The fourth-order valence-corrected chi connectivity index (χ4v) is 3.25. The summed E-state index contributed by atoms with van der Waals surface area (Å²) in [6, 6.07) is 7.04. The zero-order valence-electron chi connectivity index (χ0n) is 16.1. The Labute approximate surface area is 163 Å². The molecule has 2 atom stereocenters. The smallest absolute Gasteiger partial charge is 0.271 e. The minimum atomic E-state index is -1.09. The highest BCUT2D eigenvalue weighted by molar-refractivity contribution is 5.97. The third-order valence-electron chi connectivity index (χ3n) is 4.82. The molecule has 28 heavy (non-hydrogen) atoms. The van der Waals surface area contributed by atoms with Crippen LogP contribution in [-0.4, -0.2) is 38.3 Å². The molecule has 2 aromatic heterocycles. The fourth-order valence-electron chi connectivity index (χ4n) is 3.25. The third kappa shape index (κ3) is 4.73. The molecule has 9 nitrogen and oxygen atoms in total. The van der Waals surface area contributed by atoms with E-state index >= 15 is 0 Å². The van der Waals surface area contributed by atoms with Crippen molar-refractivity contribution in [3.63, 3.8) is 0 Å². The number of anilines is 3. The monoisotopic (exact) mass is 385 g/mol. The second-order valence-corrected chi connectivity index (χ2v) is 7.65. The molecule has 0 saturated heterocycles. The van der Waals surface area contributed by atoms with Crippen LogP contribution in [0.2, 0.25) is 0 Å². The summed E-state index contributed by atoms with van der Waals surface area (Å²) in [7, 11) is 0. The lowest BCUT2D eigenvalue weighted by molar-refractivity contribution is 0.0740. The molecule has 7 N–H and O–H groups in total. The molecule has 2 heterocycles. The predicted octanol–water partition coefficient (Wildman–Crippen LogP) is 1.62. The van der Waals surface area contributed by atoms with Crippen molar-refractivity contribution in [1.29, 1.82) is 0 Å². The lowest BCUT2D eigenvalue weighted by atomic mass is 9.91. The van der Waals surface area contributed by atoms with Crippen molar-refractivity contribution in [2.45, 2.75) is 57.2 Å². The summed E-state index contributed by atoms with van der Waals surface area (Å²) in [5.41, 5.74) is 11.4. The second-order valence-electron chi connectivity index (χ2n) is 7.65. The first-order chi connectivity index (χ1) is 13.2. The summed E-state index contributed by atoms with van der Waals surface area (Å²) in [5.74, 6) is 0.262. The minimum Gasteiger partial charge on any atom is -0.384 e. The molecule has 0 radical (unpaired) electrons. The van der Waals surface area contributed by atoms with Gasteiger partial charge in [0.15, 0.2) is 11.5 Å². The van der Waals surface area contributed by atoms with Gasteiger partial charge >= 0.3 is 0 Å². The number of aromatic nitrogens is 3. The summed E-state index contributed by atoms with van der Waals surface area (Å²) in [5, 5.41) is 24.6. The van der Waals surface area contributed by atoms with Crippen LogP contribution in [0, 0.1) is 0 Å². The van der Waals surface area contributed by atoms with Gasteiger partial charge in [-0.2, -0.15) is 0 Å². The molecule has 9 heteroatoms. The minimum absolute atomic E-state index is 0.00829. The lowest BCUT2D eigenvalue weighted by Gasteiger charge is -2.29. The van der Waals surface area contributed by atoms with Gasteiger partial charge in [-0.15, -0.1) is 10.2 Å². The number of nitrogens with zero attached hydrogens (tertiary/aromatic N) is 3. The van der Waals surface area contributed by atoms with E-state index in [1.807, 2.05) is 0 Å². The number of amides is 1. The Hall–Kier alpha value is -2.78. The van der Waals surface area contributed by atoms with Crippen LogP contribution in [0.1, 0.15) is 55.7 Å². The molecule has 0 bridgehead atoms. The number of rotatable bonds is 6. The van der Waals surface area contributed by atoms with Crippen LogP contribution in [-0.2, 0) is 5.60 Å². The number of hydrogen-bond donors (Lipinski definition) is 5. The number of primary amides is 1. The highest BCUT2D eigenvalue weighted by Crippen LogP contribution is 2.25. The number of carbonyl (C=O) groups is 1. The molecule has 2 aromatic rings. The molecule has 150 valence electrons. The van der Waals surface area contributed by atoms with Gasteiger partial charge in [0.25, 0.3) is 5.91 Å². The van der Waals surface area contributed by atoms with Gasteiger partial charge in [0.05, 0.1) is 11.4 Å². The summed E-state index contributed by atoms with van der Waals surface area (Å²) >= 11 is 0. The largest absolute Gasteiger partial charge is 0.384 e. The summed E-state index contributed by atoms with van der Waals surface area (Å²) in [4.78, 5) is 16.2. The van der Waals surface area contributed by atoms with Gasteiger partial charge in [-0.1, -0.05) is 18.9 Å². The van der Waals surface area contributed by atoms with Gasteiger partial charge in [0, 0.05) is 18.2 Å². The SMILES string of the molecule is CC(C)(O)c1cccc(Nc2cc(N[C@@H]3CCCC[C@@H]3N)nnc2C(N)=O)n1. The third-order valence-corrected chi connectivity index (χ3v) is 4.82. The number of aliphatic hydroxyl groups is 1. The molecular weight excluding hydrogens is 358 g/mol. The van der Waals surface area contributed by atoms with Gasteiger partial charge in [-0.05, 0) is 38.8 Å².